The molecule has 20 heavy (non-hydrogen) atoms. The van der Waals surface area contributed by atoms with Crippen LogP contribution in [0.15, 0.2) is 22.7 Å². The first-order chi connectivity index (χ1) is 9.63. The standard InChI is InChI=1S/C15H18Br2ClNO/c16-8-9-19(12-4-2-1-3-5-12)15(20)13-7-6-11(18)10-14(13)17/h6-7,10,12H,1-5,8-9H2. The van der Waals surface area contributed by atoms with E-state index in [1.165, 1.54) is 19.3 Å². The van der Waals surface area contributed by atoms with E-state index in [9.17, 15) is 4.79 Å². The van der Waals surface area contributed by atoms with E-state index in [0.29, 0.717) is 16.6 Å². The largest absolute Gasteiger partial charge is 0.335 e. The van der Waals surface area contributed by atoms with E-state index in [4.69, 9.17) is 11.6 Å². The number of amides is 1. The number of benzene rings is 1. The summed E-state index contributed by atoms with van der Waals surface area (Å²) in [6, 6.07) is 5.73. The maximum Gasteiger partial charge on any atom is 0.255 e. The summed E-state index contributed by atoms with van der Waals surface area (Å²) in [5.74, 6) is 0.0971. The summed E-state index contributed by atoms with van der Waals surface area (Å²) < 4.78 is 0.769. The molecule has 1 fully saturated rings. The van der Waals surface area contributed by atoms with Gasteiger partial charge in [-0.3, -0.25) is 4.79 Å². The molecule has 2 nitrogen and oxygen atoms in total. The average Bonchev–Trinajstić information content (AvgIpc) is 2.45. The molecule has 0 heterocycles. The van der Waals surface area contributed by atoms with Crippen LogP contribution in [-0.4, -0.2) is 28.7 Å². The zero-order valence-electron chi connectivity index (χ0n) is 11.2. The van der Waals surface area contributed by atoms with Gasteiger partial charge in [0.15, 0.2) is 0 Å². The number of hydrogen-bond acceptors (Lipinski definition) is 1. The molecule has 0 radical (unpaired) electrons. The number of alkyl halides is 1. The lowest BCUT2D eigenvalue weighted by Crippen LogP contribution is -2.42. The van der Waals surface area contributed by atoms with E-state index in [0.717, 1.165) is 29.2 Å². The summed E-state index contributed by atoms with van der Waals surface area (Å²) in [6.07, 6.45) is 5.96. The topological polar surface area (TPSA) is 20.3 Å². The number of carbonyl (C=O) groups excluding carboxylic acids is 1. The van der Waals surface area contributed by atoms with Gasteiger partial charge in [0.05, 0.1) is 5.56 Å². The minimum absolute atomic E-state index is 0.0971. The van der Waals surface area contributed by atoms with Crippen molar-refractivity contribution in [3.05, 3.63) is 33.3 Å². The molecule has 0 aliphatic heterocycles. The minimum atomic E-state index is 0.0971. The third-order valence-electron chi connectivity index (χ3n) is 3.76. The fourth-order valence-electron chi connectivity index (χ4n) is 2.75. The summed E-state index contributed by atoms with van der Waals surface area (Å²) in [5, 5.41) is 1.44. The van der Waals surface area contributed by atoms with Gasteiger partial charge >= 0.3 is 0 Å². The molecule has 1 saturated carbocycles. The van der Waals surface area contributed by atoms with Crippen LogP contribution in [-0.2, 0) is 0 Å². The van der Waals surface area contributed by atoms with Gasteiger partial charge < -0.3 is 4.90 Å². The van der Waals surface area contributed by atoms with Crippen molar-refractivity contribution in [3.8, 4) is 0 Å². The van der Waals surface area contributed by atoms with E-state index in [1.807, 2.05) is 4.90 Å². The monoisotopic (exact) mass is 421 g/mol. The van der Waals surface area contributed by atoms with Crippen molar-refractivity contribution < 1.29 is 4.79 Å². The molecule has 2 rings (SSSR count). The van der Waals surface area contributed by atoms with Crippen LogP contribution < -0.4 is 0 Å². The Morgan fingerprint density at radius 2 is 2.00 bits per heavy atom. The van der Waals surface area contributed by atoms with Crippen molar-refractivity contribution in [2.75, 3.05) is 11.9 Å². The highest BCUT2D eigenvalue weighted by Crippen LogP contribution is 2.27. The number of nitrogens with zero attached hydrogens (tertiary/aromatic N) is 1. The predicted octanol–water partition coefficient (Wildman–Crippen LogP) is 5.27. The highest BCUT2D eigenvalue weighted by atomic mass is 79.9. The fourth-order valence-corrected chi connectivity index (χ4v) is 3.99. The maximum atomic E-state index is 12.8. The van der Waals surface area contributed by atoms with Crippen LogP contribution in [0, 0.1) is 0 Å². The highest BCUT2D eigenvalue weighted by molar-refractivity contribution is 9.10. The van der Waals surface area contributed by atoms with E-state index >= 15 is 0 Å². The van der Waals surface area contributed by atoms with Gasteiger partial charge in [-0.05, 0) is 47.0 Å². The van der Waals surface area contributed by atoms with Gasteiger partial charge in [-0.25, -0.2) is 0 Å². The SMILES string of the molecule is O=C(c1ccc(Cl)cc1Br)N(CCBr)C1CCCCC1. The Labute approximate surface area is 142 Å². The number of carbonyl (C=O) groups is 1. The molecule has 0 aromatic heterocycles. The van der Waals surface area contributed by atoms with Crippen molar-refractivity contribution in [1.29, 1.82) is 0 Å². The van der Waals surface area contributed by atoms with E-state index in [2.05, 4.69) is 31.9 Å². The lowest BCUT2D eigenvalue weighted by Gasteiger charge is -2.34. The van der Waals surface area contributed by atoms with Crippen molar-refractivity contribution in [2.24, 2.45) is 0 Å². The summed E-state index contributed by atoms with van der Waals surface area (Å²) in [6.45, 7) is 0.749. The molecule has 1 aliphatic carbocycles. The Hall–Kier alpha value is -0.0600. The van der Waals surface area contributed by atoms with Gasteiger partial charge in [-0.15, -0.1) is 0 Å². The number of halogens is 3. The average molecular weight is 424 g/mol. The van der Waals surface area contributed by atoms with Gasteiger partial charge in [0.25, 0.3) is 5.91 Å². The molecule has 0 unspecified atom stereocenters. The van der Waals surface area contributed by atoms with E-state index in [-0.39, 0.29) is 5.91 Å². The van der Waals surface area contributed by atoms with E-state index < -0.39 is 0 Å². The van der Waals surface area contributed by atoms with Crippen LogP contribution in [0.4, 0.5) is 0 Å². The van der Waals surface area contributed by atoms with Crippen molar-refractivity contribution in [3.63, 3.8) is 0 Å². The van der Waals surface area contributed by atoms with Crippen LogP contribution in [0.5, 0.6) is 0 Å². The molecule has 1 aromatic carbocycles. The first-order valence-electron chi connectivity index (χ1n) is 6.95. The van der Waals surface area contributed by atoms with Crippen LogP contribution >= 0.6 is 43.5 Å². The van der Waals surface area contributed by atoms with Gasteiger partial charge in [0.1, 0.15) is 0 Å². The maximum absolute atomic E-state index is 12.8. The Morgan fingerprint density at radius 1 is 1.30 bits per heavy atom. The van der Waals surface area contributed by atoms with Gasteiger partial charge in [-0.1, -0.05) is 46.8 Å². The molecular weight excluding hydrogens is 405 g/mol. The quantitative estimate of drug-likeness (QED) is 0.604. The second kappa shape index (κ2) is 7.81. The molecule has 1 aromatic rings. The second-order valence-corrected chi connectivity index (χ2v) is 7.19. The first kappa shape index (κ1) is 16.3. The third kappa shape index (κ3) is 3.99. The summed E-state index contributed by atoms with van der Waals surface area (Å²) in [5.41, 5.74) is 0.695. The Kier molecular flexibility index (Phi) is 6.37. The zero-order chi connectivity index (χ0) is 14.5. The van der Waals surface area contributed by atoms with Crippen LogP contribution in [0.25, 0.3) is 0 Å². The molecule has 110 valence electrons. The second-order valence-electron chi connectivity index (χ2n) is 5.10. The summed E-state index contributed by atoms with van der Waals surface area (Å²) in [7, 11) is 0. The van der Waals surface area contributed by atoms with Gasteiger partial charge in [-0.2, -0.15) is 0 Å². The van der Waals surface area contributed by atoms with Gasteiger partial charge in [0.2, 0.25) is 0 Å². The van der Waals surface area contributed by atoms with Crippen molar-refractivity contribution in [1.82, 2.24) is 4.90 Å². The highest BCUT2D eigenvalue weighted by Gasteiger charge is 2.26. The number of rotatable bonds is 4. The molecule has 1 aliphatic rings. The molecule has 5 heteroatoms. The fraction of sp³-hybridized carbons (Fsp3) is 0.533. The smallest absolute Gasteiger partial charge is 0.255 e. The molecule has 0 saturated heterocycles. The van der Waals surface area contributed by atoms with Gasteiger partial charge in [0, 0.05) is 27.4 Å². The van der Waals surface area contributed by atoms with Crippen LogP contribution in [0.3, 0.4) is 0 Å². The predicted molar refractivity (Wildman–Crippen MR) is 90.9 cm³/mol. The molecule has 0 bridgehead atoms. The summed E-state index contributed by atoms with van der Waals surface area (Å²) >= 11 is 12.9. The lowest BCUT2D eigenvalue weighted by molar-refractivity contribution is 0.0650. The molecular formula is C15H18Br2ClNO. The number of hydrogen-bond donors (Lipinski definition) is 0. The van der Waals surface area contributed by atoms with Crippen molar-refractivity contribution >= 4 is 49.4 Å². The normalized spacial score (nSPS) is 16.1. The zero-order valence-corrected chi connectivity index (χ0v) is 15.2. The molecule has 0 atom stereocenters. The lowest BCUT2D eigenvalue weighted by atomic mass is 9.93. The first-order valence-corrected chi connectivity index (χ1v) is 9.24. The van der Waals surface area contributed by atoms with E-state index in [1.54, 1.807) is 18.2 Å². The summed E-state index contributed by atoms with van der Waals surface area (Å²) in [4.78, 5) is 14.8. The molecule has 0 spiro atoms. The Morgan fingerprint density at radius 3 is 2.60 bits per heavy atom. The minimum Gasteiger partial charge on any atom is -0.335 e. The van der Waals surface area contributed by atoms with Crippen LogP contribution in [0.2, 0.25) is 5.02 Å². The third-order valence-corrected chi connectivity index (χ3v) is 5.01. The van der Waals surface area contributed by atoms with Crippen LogP contribution in [0.1, 0.15) is 42.5 Å². The molecule has 1 amide bonds. The van der Waals surface area contributed by atoms with Crippen molar-refractivity contribution in [2.45, 2.75) is 38.1 Å². The molecule has 0 N–H and O–H groups in total. The Bertz CT molecular complexity index is 475. The Balaban J connectivity index is 2.21.